The van der Waals surface area contributed by atoms with Crippen molar-refractivity contribution in [3.05, 3.63) is 82.3 Å². The van der Waals surface area contributed by atoms with E-state index in [2.05, 4.69) is 10.0 Å². The lowest BCUT2D eigenvalue weighted by Gasteiger charge is -2.15. The van der Waals surface area contributed by atoms with Crippen molar-refractivity contribution < 1.29 is 27.5 Å². The van der Waals surface area contributed by atoms with Gasteiger partial charge in [0.25, 0.3) is 15.9 Å². The third kappa shape index (κ3) is 6.19. The average molecular weight is 523 g/mol. The van der Waals surface area contributed by atoms with Crippen molar-refractivity contribution in [3.63, 3.8) is 0 Å². The van der Waals surface area contributed by atoms with Gasteiger partial charge in [0.1, 0.15) is 5.75 Å². The molecule has 2 N–H and O–H groups in total. The number of rotatable bonds is 8. The maximum Gasteiger partial charge on any atom is 0.338 e. The highest BCUT2D eigenvalue weighted by atomic mass is 35.5. The number of hydrogen-bond donors (Lipinski definition) is 2. The second-order valence-electron chi connectivity index (χ2n) is 6.99. The minimum atomic E-state index is -4.04. The molecule has 1 amide bonds. The minimum Gasteiger partial charge on any atom is -0.495 e. The number of nitrogens with one attached hydrogen (secondary N) is 2. The molecule has 0 saturated heterocycles. The monoisotopic (exact) mass is 522 g/mol. The van der Waals surface area contributed by atoms with Gasteiger partial charge in [-0.05, 0) is 55.5 Å². The van der Waals surface area contributed by atoms with Gasteiger partial charge in [-0.3, -0.25) is 9.52 Å². The fourth-order valence-electron chi connectivity index (χ4n) is 2.83. The van der Waals surface area contributed by atoms with Crippen LogP contribution in [0.25, 0.3) is 0 Å². The van der Waals surface area contributed by atoms with Crippen molar-refractivity contribution in [1.29, 1.82) is 0 Å². The lowest BCUT2D eigenvalue weighted by atomic mass is 10.2. The first-order chi connectivity index (χ1) is 16.1. The topological polar surface area (TPSA) is 111 Å². The number of esters is 1. The fourth-order valence-corrected chi connectivity index (χ4v) is 4.40. The van der Waals surface area contributed by atoms with E-state index in [0.717, 1.165) is 6.07 Å². The summed E-state index contributed by atoms with van der Waals surface area (Å²) in [5, 5.41) is 3.17. The van der Waals surface area contributed by atoms with E-state index in [9.17, 15) is 18.0 Å². The van der Waals surface area contributed by atoms with Crippen LogP contribution in [0, 0.1) is 0 Å². The Morgan fingerprint density at radius 2 is 1.68 bits per heavy atom. The first-order valence-corrected chi connectivity index (χ1v) is 12.1. The van der Waals surface area contributed by atoms with Crippen LogP contribution in [0.15, 0.2) is 71.6 Å². The van der Waals surface area contributed by atoms with E-state index < -0.39 is 28.0 Å². The predicted molar refractivity (Wildman–Crippen MR) is 130 cm³/mol. The second kappa shape index (κ2) is 10.8. The number of halogens is 2. The Hall–Kier alpha value is -3.27. The molecule has 3 aromatic carbocycles. The van der Waals surface area contributed by atoms with E-state index in [-0.39, 0.29) is 21.2 Å². The standard InChI is InChI=1S/C23H20Cl2N2O6S/c1-14(22(28)26-19-11-10-16(24)13-18(19)25)33-23(29)15-6-5-7-17(12-15)34(30,31)27-20-8-3-4-9-21(20)32-2/h3-14,27H,1-2H3,(H,26,28)/t14-/m1/s1. The number of carbonyl (C=O) groups is 2. The molecule has 11 heteroatoms. The number of benzene rings is 3. The molecule has 0 spiro atoms. The SMILES string of the molecule is COc1ccccc1NS(=O)(=O)c1cccc(C(=O)O[C@H](C)C(=O)Nc2ccc(Cl)cc2Cl)c1. The largest absolute Gasteiger partial charge is 0.495 e. The van der Waals surface area contributed by atoms with Gasteiger partial charge in [0, 0.05) is 5.02 Å². The zero-order valence-electron chi connectivity index (χ0n) is 18.0. The zero-order chi connectivity index (χ0) is 24.9. The first-order valence-electron chi connectivity index (χ1n) is 9.83. The summed E-state index contributed by atoms with van der Waals surface area (Å²) in [4.78, 5) is 24.8. The van der Waals surface area contributed by atoms with Gasteiger partial charge in [0.15, 0.2) is 6.10 Å². The van der Waals surface area contributed by atoms with Gasteiger partial charge in [-0.25, -0.2) is 13.2 Å². The van der Waals surface area contributed by atoms with Gasteiger partial charge >= 0.3 is 5.97 Å². The Kier molecular flexibility index (Phi) is 8.03. The molecule has 0 aliphatic rings. The lowest BCUT2D eigenvalue weighted by Crippen LogP contribution is -2.30. The quantitative estimate of drug-likeness (QED) is 0.403. The molecule has 8 nitrogen and oxygen atoms in total. The van der Waals surface area contributed by atoms with Gasteiger partial charge in [-0.2, -0.15) is 0 Å². The smallest absolute Gasteiger partial charge is 0.338 e. The summed E-state index contributed by atoms with van der Waals surface area (Å²) in [6.07, 6.45) is -1.19. The van der Waals surface area contributed by atoms with Crippen LogP contribution >= 0.6 is 23.2 Å². The Bertz CT molecular complexity index is 1330. The van der Waals surface area contributed by atoms with E-state index in [4.69, 9.17) is 32.7 Å². The number of anilines is 2. The van der Waals surface area contributed by atoms with Crippen molar-refractivity contribution >= 4 is 56.5 Å². The Labute approximate surface area is 206 Å². The number of amides is 1. The zero-order valence-corrected chi connectivity index (χ0v) is 20.4. The van der Waals surface area contributed by atoms with Crippen molar-refractivity contribution in [1.82, 2.24) is 0 Å². The molecule has 0 unspecified atom stereocenters. The van der Waals surface area contributed by atoms with Crippen molar-refractivity contribution in [3.8, 4) is 5.75 Å². The van der Waals surface area contributed by atoms with Crippen molar-refractivity contribution in [2.45, 2.75) is 17.9 Å². The second-order valence-corrected chi connectivity index (χ2v) is 9.52. The van der Waals surface area contributed by atoms with Gasteiger partial charge in [-0.15, -0.1) is 0 Å². The lowest BCUT2D eigenvalue weighted by molar-refractivity contribution is -0.123. The first kappa shape index (κ1) is 25.4. The molecule has 34 heavy (non-hydrogen) atoms. The molecule has 0 aliphatic carbocycles. The van der Waals surface area contributed by atoms with Gasteiger partial charge < -0.3 is 14.8 Å². The number of hydrogen-bond acceptors (Lipinski definition) is 6. The van der Waals surface area contributed by atoms with Gasteiger partial charge in [0.2, 0.25) is 0 Å². The van der Waals surface area contributed by atoms with Gasteiger partial charge in [0.05, 0.1) is 34.0 Å². The summed E-state index contributed by atoms with van der Waals surface area (Å²) < 4.78 is 38.4. The van der Waals surface area contributed by atoms with Crippen LogP contribution in [0.1, 0.15) is 17.3 Å². The predicted octanol–water partition coefficient (Wildman–Crippen LogP) is 4.99. The molecular weight excluding hydrogens is 503 g/mol. The van der Waals surface area contributed by atoms with Crippen LogP contribution in [0.4, 0.5) is 11.4 Å². The van der Waals surface area contributed by atoms with Crippen molar-refractivity contribution in [2.24, 2.45) is 0 Å². The van der Waals surface area contributed by atoms with E-state index in [1.165, 1.54) is 44.4 Å². The van der Waals surface area contributed by atoms with Crippen LogP contribution in [0.2, 0.25) is 10.0 Å². The van der Waals surface area contributed by atoms with E-state index >= 15 is 0 Å². The van der Waals surface area contributed by atoms with E-state index in [0.29, 0.717) is 16.5 Å². The highest BCUT2D eigenvalue weighted by Crippen LogP contribution is 2.27. The maximum absolute atomic E-state index is 12.8. The van der Waals surface area contributed by atoms with Crippen LogP contribution in [-0.2, 0) is 19.6 Å². The molecule has 3 rings (SSSR count). The van der Waals surface area contributed by atoms with E-state index in [1.54, 1.807) is 30.3 Å². The van der Waals surface area contributed by atoms with Crippen molar-refractivity contribution in [2.75, 3.05) is 17.1 Å². The Balaban J connectivity index is 1.71. The molecule has 0 aromatic heterocycles. The highest BCUT2D eigenvalue weighted by Gasteiger charge is 2.22. The molecular formula is C23H20Cl2N2O6S. The molecule has 3 aromatic rings. The summed E-state index contributed by atoms with van der Waals surface area (Å²) in [6, 6.07) is 16.3. The molecule has 178 valence electrons. The molecule has 1 atom stereocenters. The summed E-state index contributed by atoms with van der Waals surface area (Å²) in [7, 11) is -2.62. The Morgan fingerprint density at radius 1 is 0.941 bits per heavy atom. The third-order valence-corrected chi connectivity index (χ3v) is 6.48. The molecule has 0 bridgehead atoms. The molecule has 0 fully saturated rings. The summed E-state index contributed by atoms with van der Waals surface area (Å²) in [5.74, 6) is -1.17. The summed E-state index contributed by atoms with van der Waals surface area (Å²) in [6.45, 7) is 1.38. The number of carbonyl (C=O) groups excluding carboxylic acids is 2. The molecule has 0 saturated carbocycles. The maximum atomic E-state index is 12.8. The third-order valence-electron chi connectivity index (χ3n) is 4.57. The number of methoxy groups -OCH3 is 1. The molecule has 0 aliphatic heterocycles. The van der Waals surface area contributed by atoms with Crippen LogP contribution < -0.4 is 14.8 Å². The Morgan fingerprint density at radius 3 is 2.38 bits per heavy atom. The normalized spacial score (nSPS) is 11.9. The summed E-state index contributed by atoms with van der Waals surface area (Å²) >= 11 is 11.9. The highest BCUT2D eigenvalue weighted by molar-refractivity contribution is 7.92. The van der Waals surface area contributed by atoms with Gasteiger partial charge in [-0.1, -0.05) is 41.4 Å². The fraction of sp³-hybridized carbons (Fsp3) is 0.130. The minimum absolute atomic E-state index is 0.0490. The number of sulfonamides is 1. The average Bonchev–Trinajstić information content (AvgIpc) is 2.81. The van der Waals surface area contributed by atoms with Crippen LogP contribution in [0.3, 0.4) is 0 Å². The van der Waals surface area contributed by atoms with Crippen LogP contribution in [0.5, 0.6) is 5.75 Å². The molecule has 0 heterocycles. The number of ether oxygens (including phenoxy) is 2. The van der Waals surface area contributed by atoms with E-state index in [1.807, 2.05) is 0 Å². The molecule has 0 radical (unpaired) electrons. The summed E-state index contributed by atoms with van der Waals surface area (Å²) in [5.41, 5.74) is 0.491. The van der Waals surface area contributed by atoms with Crippen LogP contribution in [-0.4, -0.2) is 33.5 Å². The number of para-hydroxylation sites is 2.